The van der Waals surface area contributed by atoms with E-state index in [4.69, 9.17) is 9.84 Å². The fourth-order valence-corrected chi connectivity index (χ4v) is 4.43. The first kappa shape index (κ1) is 22.9. The Balaban J connectivity index is 1.38. The van der Waals surface area contributed by atoms with Gasteiger partial charge in [0.25, 0.3) is 5.91 Å². The number of piperazine rings is 1. The molecule has 0 spiro atoms. The van der Waals surface area contributed by atoms with Crippen LogP contribution in [0, 0.1) is 6.92 Å². The third-order valence-electron chi connectivity index (χ3n) is 6.50. The molecule has 6 nitrogen and oxygen atoms in total. The quantitative estimate of drug-likeness (QED) is 0.409. The Labute approximate surface area is 206 Å². The molecule has 1 aliphatic rings. The molecule has 2 heterocycles. The summed E-state index contributed by atoms with van der Waals surface area (Å²) in [5.74, 6) is 0.800. The molecule has 4 aromatic rings. The molecule has 0 radical (unpaired) electrons. The van der Waals surface area contributed by atoms with Crippen molar-refractivity contribution in [2.45, 2.75) is 13.5 Å². The molecule has 1 saturated heterocycles. The predicted molar refractivity (Wildman–Crippen MR) is 138 cm³/mol. The highest BCUT2D eigenvalue weighted by atomic mass is 16.5. The van der Waals surface area contributed by atoms with Gasteiger partial charge in [0.05, 0.1) is 18.5 Å². The smallest absolute Gasteiger partial charge is 0.272 e. The van der Waals surface area contributed by atoms with Gasteiger partial charge < -0.3 is 9.64 Å². The summed E-state index contributed by atoms with van der Waals surface area (Å²) in [7, 11) is 1.65. The van der Waals surface area contributed by atoms with Gasteiger partial charge in [-0.15, -0.1) is 0 Å². The molecule has 3 aromatic carbocycles. The number of carbonyl (C=O) groups excluding carboxylic acids is 1. The highest BCUT2D eigenvalue weighted by molar-refractivity contribution is 5.94. The van der Waals surface area contributed by atoms with Gasteiger partial charge in [0.1, 0.15) is 11.4 Å². The summed E-state index contributed by atoms with van der Waals surface area (Å²) < 4.78 is 7.06. The van der Waals surface area contributed by atoms with E-state index in [1.807, 2.05) is 65.6 Å². The van der Waals surface area contributed by atoms with Crippen LogP contribution < -0.4 is 4.74 Å². The van der Waals surface area contributed by atoms with Gasteiger partial charge in [0.15, 0.2) is 0 Å². The minimum Gasteiger partial charge on any atom is -0.497 e. The van der Waals surface area contributed by atoms with Crippen molar-refractivity contribution in [3.8, 4) is 22.7 Å². The minimum absolute atomic E-state index is 0.0113. The lowest BCUT2D eigenvalue weighted by Crippen LogP contribution is -2.48. The van der Waals surface area contributed by atoms with Crippen LogP contribution in [0.15, 0.2) is 84.9 Å². The lowest BCUT2D eigenvalue weighted by molar-refractivity contribution is 0.0619. The standard InChI is InChI=1S/C29H30N4O2/c1-22-8-12-25(13-9-22)33-28(20-27(30-33)24-10-14-26(35-2)15-11-24)29(34)32-18-16-31(17-19-32)21-23-6-4-3-5-7-23/h3-15,20H,16-19,21H2,1-2H3. The Morgan fingerprint density at radius 2 is 1.57 bits per heavy atom. The van der Waals surface area contributed by atoms with E-state index in [0.29, 0.717) is 18.8 Å². The Morgan fingerprint density at radius 3 is 2.23 bits per heavy atom. The van der Waals surface area contributed by atoms with E-state index in [1.54, 1.807) is 11.8 Å². The molecule has 5 rings (SSSR count). The number of methoxy groups -OCH3 is 1. The molecule has 1 aromatic heterocycles. The molecular formula is C29H30N4O2. The number of nitrogens with zero attached hydrogens (tertiary/aromatic N) is 4. The minimum atomic E-state index is 0.0113. The second kappa shape index (κ2) is 10.2. The van der Waals surface area contributed by atoms with Crippen LogP contribution in [0.2, 0.25) is 0 Å². The highest BCUT2D eigenvalue weighted by Crippen LogP contribution is 2.25. The van der Waals surface area contributed by atoms with Crippen LogP contribution in [0.5, 0.6) is 5.75 Å². The normalized spacial score (nSPS) is 14.2. The van der Waals surface area contributed by atoms with Gasteiger partial charge in [-0.1, -0.05) is 48.0 Å². The van der Waals surface area contributed by atoms with Gasteiger partial charge in [-0.3, -0.25) is 9.69 Å². The number of benzene rings is 3. The van der Waals surface area contributed by atoms with Crippen molar-refractivity contribution in [1.29, 1.82) is 0 Å². The topological polar surface area (TPSA) is 50.6 Å². The predicted octanol–water partition coefficient (Wildman–Crippen LogP) is 4.81. The van der Waals surface area contributed by atoms with E-state index >= 15 is 0 Å². The number of hydrogen-bond donors (Lipinski definition) is 0. The SMILES string of the molecule is COc1ccc(-c2cc(C(=O)N3CCN(Cc4ccccc4)CC3)n(-c3ccc(C)cc3)n2)cc1. The number of hydrogen-bond acceptors (Lipinski definition) is 4. The second-order valence-electron chi connectivity index (χ2n) is 8.94. The van der Waals surface area contributed by atoms with E-state index in [2.05, 4.69) is 36.1 Å². The number of aryl methyl sites for hydroxylation is 1. The maximum Gasteiger partial charge on any atom is 0.272 e. The Bertz CT molecular complexity index is 1270. The summed E-state index contributed by atoms with van der Waals surface area (Å²) in [5, 5.41) is 4.84. The average molecular weight is 467 g/mol. The van der Waals surface area contributed by atoms with E-state index in [0.717, 1.165) is 42.3 Å². The fraction of sp³-hybridized carbons (Fsp3) is 0.241. The molecule has 1 fully saturated rings. The lowest BCUT2D eigenvalue weighted by atomic mass is 10.1. The summed E-state index contributed by atoms with van der Waals surface area (Å²) in [5.41, 5.74) is 5.63. The van der Waals surface area contributed by atoms with E-state index in [1.165, 1.54) is 11.1 Å². The van der Waals surface area contributed by atoms with Crippen LogP contribution in [0.1, 0.15) is 21.6 Å². The summed E-state index contributed by atoms with van der Waals surface area (Å²) in [6, 6.07) is 28.2. The van der Waals surface area contributed by atoms with Gasteiger partial charge in [-0.2, -0.15) is 5.10 Å². The number of ether oxygens (including phenoxy) is 1. The van der Waals surface area contributed by atoms with Crippen molar-refractivity contribution in [2.24, 2.45) is 0 Å². The summed E-state index contributed by atoms with van der Waals surface area (Å²) in [4.78, 5) is 18.0. The van der Waals surface area contributed by atoms with Crippen molar-refractivity contribution in [3.63, 3.8) is 0 Å². The van der Waals surface area contributed by atoms with E-state index in [-0.39, 0.29) is 5.91 Å². The molecule has 35 heavy (non-hydrogen) atoms. The molecule has 6 heteroatoms. The van der Waals surface area contributed by atoms with Crippen molar-refractivity contribution in [2.75, 3.05) is 33.3 Å². The van der Waals surface area contributed by atoms with Crippen molar-refractivity contribution < 1.29 is 9.53 Å². The van der Waals surface area contributed by atoms with Crippen LogP contribution in [-0.4, -0.2) is 58.8 Å². The molecule has 0 saturated carbocycles. The van der Waals surface area contributed by atoms with Gasteiger partial charge in [0, 0.05) is 38.3 Å². The zero-order chi connectivity index (χ0) is 24.2. The van der Waals surface area contributed by atoms with Crippen LogP contribution in [0.25, 0.3) is 16.9 Å². The summed E-state index contributed by atoms with van der Waals surface area (Å²) >= 11 is 0. The van der Waals surface area contributed by atoms with E-state index in [9.17, 15) is 4.79 Å². The molecule has 0 aliphatic carbocycles. The molecular weight excluding hydrogens is 436 g/mol. The van der Waals surface area contributed by atoms with E-state index < -0.39 is 0 Å². The van der Waals surface area contributed by atoms with Crippen molar-refractivity contribution in [1.82, 2.24) is 19.6 Å². The highest BCUT2D eigenvalue weighted by Gasteiger charge is 2.26. The first-order valence-electron chi connectivity index (χ1n) is 12.0. The van der Waals surface area contributed by atoms with Gasteiger partial charge in [0.2, 0.25) is 0 Å². The second-order valence-corrected chi connectivity index (χ2v) is 8.94. The maximum absolute atomic E-state index is 13.7. The Morgan fingerprint density at radius 1 is 0.886 bits per heavy atom. The van der Waals surface area contributed by atoms with Crippen LogP contribution in [-0.2, 0) is 6.54 Å². The maximum atomic E-state index is 13.7. The molecule has 1 amide bonds. The monoisotopic (exact) mass is 466 g/mol. The van der Waals surface area contributed by atoms with Crippen LogP contribution in [0.3, 0.4) is 0 Å². The third kappa shape index (κ3) is 5.12. The number of amides is 1. The Hall–Kier alpha value is -3.90. The molecule has 0 unspecified atom stereocenters. The number of rotatable bonds is 6. The molecule has 0 bridgehead atoms. The third-order valence-corrected chi connectivity index (χ3v) is 6.50. The molecule has 1 aliphatic heterocycles. The lowest BCUT2D eigenvalue weighted by Gasteiger charge is -2.34. The van der Waals surface area contributed by atoms with Gasteiger partial charge in [-0.05, 0) is 55.0 Å². The first-order valence-corrected chi connectivity index (χ1v) is 12.0. The van der Waals surface area contributed by atoms with Crippen LogP contribution >= 0.6 is 0 Å². The van der Waals surface area contributed by atoms with Crippen LogP contribution in [0.4, 0.5) is 0 Å². The molecule has 178 valence electrons. The molecule has 0 atom stereocenters. The number of carbonyl (C=O) groups is 1. The zero-order valence-electron chi connectivity index (χ0n) is 20.2. The Kier molecular flexibility index (Phi) is 6.64. The summed E-state index contributed by atoms with van der Waals surface area (Å²) in [6.07, 6.45) is 0. The largest absolute Gasteiger partial charge is 0.497 e. The van der Waals surface area contributed by atoms with Crippen molar-refractivity contribution >= 4 is 5.91 Å². The van der Waals surface area contributed by atoms with Gasteiger partial charge in [-0.25, -0.2) is 4.68 Å². The van der Waals surface area contributed by atoms with Gasteiger partial charge >= 0.3 is 0 Å². The van der Waals surface area contributed by atoms with Crippen molar-refractivity contribution in [3.05, 3.63) is 102 Å². The average Bonchev–Trinajstić information content (AvgIpc) is 3.35. The fourth-order valence-electron chi connectivity index (χ4n) is 4.43. The summed E-state index contributed by atoms with van der Waals surface area (Å²) in [6.45, 7) is 6.06. The number of aromatic nitrogens is 2. The zero-order valence-corrected chi connectivity index (χ0v) is 20.2. The first-order chi connectivity index (χ1) is 17.1. The molecule has 0 N–H and O–H groups in total.